The number of sulfonamides is 1. The average molecular weight is 294 g/mol. The van der Waals surface area contributed by atoms with E-state index in [1.165, 1.54) is 0 Å². The third kappa shape index (κ3) is 3.17. The maximum atomic E-state index is 11.5. The van der Waals surface area contributed by atoms with E-state index >= 15 is 0 Å². The summed E-state index contributed by atoms with van der Waals surface area (Å²) in [5.41, 5.74) is 3.35. The molecule has 0 bridgehead atoms. The van der Waals surface area contributed by atoms with E-state index in [-0.39, 0.29) is 4.90 Å². The van der Waals surface area contributed by atoms with Crippen LogP contribution in [0.2, 0.25) is 0 Å². The molecule has 0 spiro atoms. The van der Waals surface area contributed by atoms with Gasteiger partial charge < -0.3 is 5.32 Å². The largest absolute Gasteiger partial charge is 0.381 e. The summed E-state index contributed by atoms with van der Waals surface area (Å²) < 4.78 is 24.7. The summed E-state index contributed by atoms with van der Waals surface area (Å²) in [4.78, 5) is 0.144. The van der Waals surface area contributed by atoms with Gasteiger partial charge in [-0.1, -0.05) is 6.07 Å². The van der Waals surface area contributed by atoms with Crippen molar-refractivity contribution in [3.8, 4) is 0 Å². The van der Waals surface area contributed by atoms with Crippen molar-refractivity contribution in [2.24, 2.45) is 12.2 Å². The predicted octanol–water partition coefficient (Wildman–Crippen LogP) is 1.30. The minimum atomic E-state index is -3.70. The Morgan fingerprint density at radius 2 is 2.05 bits per heavy atom. The van der Waals surface area contributed by atoms with Crippen molar-refractivity contribution in [1.29, 1.82) is 0 Å². The molecule has 2 rings (SSSR count). The Bertz CT molecular complexity index is 735. The van der Waals surface area contributed by atoms with Crippen molar-refractivity contribution in [3.63, 3.8) is 0 Å². The summed E-state index contributed by atoms with van der Waals surface area (Å²) in [6, 6.07) is 5.12. The Hall–Kier alpha value is -1.86. The quantitative estimate of drug-likeness (QED) is 0.889. The van der Waals surface area contributed by atoms with Crippen molar-refractivity contribution < 1.29 is 8.42 Å². The fourth-order valence-electron chi connectivity index (χ4n) is 2.04. The Morgan fingerprint density at radius 3 is 2.60 bits per heavy atom. The summed E-state index contributed by atoms with van der Waals surface area (Å²) in [6.45, 7) is 4.23. The van der Waals surface area contributed by atoms with Gasteiger partial charge in [0, 0.05) is 31.0 Å². The van der Waals surface area contributed by atoms with E-state index in [1.54, 1.807) is 23.7 Å². The number of hydrogen-bond acceptors (Lipinski definition) is 4. The Balaban J connectivity index is 2.21. The van der Waals surface area contributed by atoms with Gasteiger partial charge in [-0.25, -0.2) is 13.6 Å². The second-order valence-electron chi connectivity index (χ2n) is 4.79. The second-order valence-corrected chi connectivity index (χ2v) is 6.32. The smallest absolute Gasteiger partial charge is 0.238 e. The molecule has 20 heavy (non-hydrogen) atoms. The molecule has 1 heterocycles. The third-order valence-electron chi connectivity index (χ3n) is 3.09. The van der Waals surface area contributed by atoms with E-state index in [0.717, 1.165) is 11.3 Å². The highest BCUT2D eigenvalue weighted by molar-refractivity contribution is 7.89. The third-order valence-corrected chi connectivity index (χ3v) is 4.15. The molecule has 0 aliphatic heterocycles. The van der Waals surface area contributed by atoms with E-state index in [9.17, 15) is 8.42 Å². The van der Waals surface area contributed by atoms with Crippen molar-refractivity contribution >= 4 is 15.7 Å². The van der Waals surface area contributed by atoms with Gasteiger partial charge in [-0.3, -0.25) is 4.68 Å². The van der Waals surface area contributed by atoms with E-state index in [1.807, 2.05) is 26.2 Å². The molecule has 3 N–H and O–H groups in total. The van der Waals surface area contributed by atoms with E-state index in [0.29, 0.717) is 17.8 Å². The summed E-state index contributed by atoms with van der Waals surface area (Å²) in [5, 5.41) is 12.6. The molecule has 0 amide bonds. The number of primary sulfonamides is 1. The highest BCUT2D eigenvalue weighted by Crippen LogP contribution is 2.19. The van der Waals surface area contributed by atoms with Gasteiger partial charge in [0.05, 0.1) is 10.6 Å². The Kier molecular flexibility index (Phi) is 3.82. The molecule has 0 saturated heterocycles. The van der Waals surface area contributed by atoms with Crippen molar-refractivity contribution in [1.82, 2.24) is 9.78 Å². The molecule has 0 aliphatic carbocycles. The van der Waals surface area contributed by atoms with E-state index < -0.39 is 10.0 Å². The van der Waals surface area contributed by atoms with Crippen LogP contribution in [0.4, 0.5) is 5.69 Å². The lowest BCUT2D eigenvalue weighted by molar-refractivity contribution is 0.597. The van der Waals surface area contributed by atoms with Crippen LogP contribution < -0.4 is 10.5 Å². The number of anilines is 1. The van der Waals surface area contributed by atoms with Crippen LogP contribution >= 0.6 is 0 Å². The van der Waals surface area contributed by atoms with Crippen LogP contribution in [-0.2, 0) is 23.6 Å². The van der Waals surface area contributed by atoms with Crippen LogP contribution in [0.15, 0.2) is 29.3 Å². The van der Waals surface area contributed by atoms with Crippen LogP contribution in [0.25, 0.3) is 0 Å². The number of nitrogens with zero attached hydrogens (tertiary/aromatic N) is 2. The molecule has 1 aromatic heterocycles. The van der Waals surface area contributed by atoms with Crippen molar-refractivity contribution in [2.75, 3.05) is 5.32 Å². The maximum absolute atomic E-state index is 11.5. The molecule has 0 radical (unpaired) electrons. The van der Waals surface area contributed by atoms with E-state index in [4.69, 9.17) is 5.14 Å². The van der Waals surface area contributed by atoms with Crippen molar-refractivity contribution in [2.45, 2.75) is 25.3 Å². The number of rotatable bonds is 4. The molecule has 0 atom stereocenters. The zero-order valence-corrected chi connectivity index (χ0v) is 12.5. The van der Waals surface area contributed by atoms with Gasteiger partial charge in [0.1, 0.15) is 0 Å². The molecule has 0 saturated carbocycles. The van der Waals surface area contributed by atoms with Crippen LogP contribution in [0.1, 0.15) is 16.8 Å². The molecule has 1 aromatic carbocycles. The summed E-state index contributed by atoms with van der Waals surface area (Å²) in [6.07, 6.45) is 1.93. The van der Waals surface area contributed by atoms with Crippen molar-refractivity contribution in [3.05, 3.63) is 41.2 Å². The number of aromatic nitrogens is 2. The molecule has 0 fully saturated rings. The lowest BCUT2D eigenvalue weighted by atomic mass is 10.2. The minimum absolute atomic E-state index is 0.144. The SMILES string of the molecule is Cc1ccc(NCc2cn(C)nc2C)cc1S(N)(=O)=O. The molecule has 7 heteroatoms. The molecule has 6 nitrogen and oxygen atoms in total. The standard InChI is InChI=1S/C13H18N4O2S/c1-9-4-5-12(6-13(9)20(14,18)19)15-7-11-8-17(3)16-10(11)2/h4-6,8,15H,7H2,1-3H3,(H2,14,18,19). The Labute approximate surface area is 118 Å². The first kappa shape index (κ1) is 14.5. The predicted molar refractivity (Wildman–Crippen MR) is 77.8 cm³/mol. The lowest BCUT2D eigenvalue weighted by Gasteiger charge is -2.09. The van der Waals surface area contributed by atoms with E-state index in [2.05, 4.69) is 10.4 Å². The molecule has 0 aliphatic rings. The number of benzene rings is 1. The number of aryl methyl sites for hydroxylation is 3. The lowest BCUT2D eigenvalue weighted by Crippen LogP contribution is -2.14. The van der Waals surface area contributed by atoms with Gasteiger partial charge >= 0.3 is 0 Å². The van der Waals surface area contributed by atoms with Gasteiger partial charge in [-0.2, -0.15) is 5.10 Å². The van der Waals surface area contributed by atoms with Crippen LogP contribution in [0.5, 0.6) is 0 Å². The zero-order valence-electron chi connectivity index (χ0n) is 11.7. The first-order valence-corrected chi connectivity index (χ1v) is 7.68. The second kappa shape index (κ2) is 5.26. The van der Waals surface area contributed by atoms with Gasteiger partial charge in [0.15, 0.2) is 0 Å². The first-order valence-electron chi connectivity index (χ1n) is 6.14. The summed E-state index contributed by atoms with van der Waals surface area (Å²) >= 11 is 0. The fraction of sp³-hybridized carbons (Fsp3) is 0.308. The van der Waals surface area contributed by atoms with Crippen LogP contribution in [0.3, 0.4) is 0 Å². The normalized spacial score (nSPS) is 11.6. The topological polar surface area (TPSA) is 90.0 Å². The van der Waals surface area contributed by atoms with Gasteiger partial charge in [0.2, 0.25) is 10.0 Å². The molecule has 108 valence electrons. The summed E-state index contributed by atoms with van der Waals surface area (Å²) in [5.74, 6) is 0. The first-order chi connectivity index (χ1) is 9.27. The monoisotopic (exact) mass is 294 g/mol. The maximum Gasteiger partial charge on any atom is 0.238 e. The molecular formula is C13H18N4O2S. The molecule has 2 aromatic rings. The number of nitrogens with two attached hydrogens (primary N) is 1. The van der Waals surface area contributed by atoms with Crippen LogP contribution in [-0.4, -0.2) is 18.2 Å². The summed E-state index contributed by atoms with van der Waals surface area (Å²) in [7, 11) is -1.84. The minimum Gasteiger partial charge on any atom is -0.381 e. The van der Waals surface area contributed by atoms with Gasteiger partial charge in [-0.05, 0) is 31.5 Å². The number of hydrogen-bond donors (Lipinski definition) is 2. The van der Waals surface area contributed by atoms with Gasteiger partial charge in [-0.15, -0.1) is 0 Å². The fourth-order valence-corrected chi connectivity index (χ4v) is 2.84. The highest BCUT2D eigenvalue weighted by Gasteiger charge is 2.12. The number of nitrogens with one attached hydrogen (secondary N) is 1. The zero-order chi connectivity index (χ0) is 14.9. The molecular weight excluding hydrogens is 276 g/mol. The van der Waals surface area contributed by atoms with Gasteiger partial charge in [0.25, 0.3) is 0 Å². The Morgan fingerprint density at radius 1 is 1.35 bits per heavy atom. The average Bonchev–Trinajstić information content (AvgIpc) is 2.65. The molecule has 0 unspecified atom stereocenters. The van der Waals surface area contributed by atoms with Crippen LogP contribution in [0, 0.1) is 13.8 Å². The highest BCUT2D eigenvalue weighted by atomic mass is 32.2.